The summed E-state index contributed by atoms with van der Waals surface area (Å²) in [5.41, 5.74) is 2.32. The Morgan fingerprint density at radius 3 is 2.27 bits per heavy atom. The van der Waals surface area contributed by atoms with Crippen molar-refractivity contribution in [2.24, 2.45) is 0 Å². The van der Waals surface area contributed by atoms with Crippen LogP contribution >= 0.6 is 11.6 Å². The van der Waals surface area contributed by atoms with Gasteiger partial charge in [0.15, 0.2) is 0 Å². The van der Waals surface area contributed by atoms with Crippen molar-refractivity contribution in [3.8, 4) is 0 Å². The Balaban J connectivity index is 1.73. The number of hydrogen-bond donors (Lipinski definition) is 1. The molecule has 1 N–H and O–H groups in total. The SMILES string of the molecule is CN(C)c1ccc(C2/C(=C(\O)c3ccc(Cl)cc3)C(=O)C(=O)N2CCN2CCOCC2)cc1. The van der Waals surface area contributed by atoms with Gasteiger partial charge in [-0.05, 0) is 42.0 Å². The van der Waals surface area contributed by atoms with Gasteiger partial charge in [-0.1, -0.05) is 23.7 Å². The maximum Gasteiger partial charge on any atom is 0.295 e. The normalized spacial score (nSPS) is 20.9. The number of ketones is 1. The maximum atomic E-state index is 13.1. The molecule has 7 nitrogen and oxygen atoms in total. The summed E-state index contributed by atoms with van der Waals surface area (Å²) in [6.07, 6.45) is 0. The quantitative estimate of drug-likeness (QED) is 0.398. The molecular weight excluding hydrogens is 442 g/mol. The smallest absolute Gasteiger partial charge is 0.295 e. The zero-order valence-corrected chi connectivity index (χ0v) is 19.6. The molecule has 0 bridgehead atoms. The van der Waals surface area contributed by atoms with Crippen LogP contribution in [0.2, 0.25) is 5.02 Å². The van der Waals surface area contributed by atoms with E-state index in [4.69, 9.17) is 16.3 Å². The third kappa shape index (κ3) is 4.90. The predicted octanol–water partition coefficient (Wildman–Crippen LogP) is 3.16. The molecule has 1 amide bonds. The number of nitrogens with zero attached hydrogens (tertiary/aromatic N) is 3. The van der Waals surface area contributed by atoms with Crippen molar-refractivity contribution in [2.45, 2.75) is 6.04 Å². The number of likely N-dealkylation sites (tertiary alicyclic amines) is 1. The molecule has 4 rings (SSSR count). The number of halogens is 1. The van der Waals surface area contributed by atoms with Gasteiger partial charge in [-0.15, -0.1) is 0 Å². The van der Waals surface area contributed by atoms with Gasteiger partial charge in [0.25, 0.3) is 11.7 Å². The summed E-state index contributed by atoms with van der Waals surface area (Å²) in [4.78, 5) is 32.0. The molecule has 33 heavy (non-hydrogen) atoms. The molecule has 1 unspecified atom stereocenters. The molecular formula is C25H28ClN3O4. The predicted molar refractivity (Wildman–Crippen MR) is 128 cm³/mol. The van der Waals surface area contributed by atoms with Gasteiger partial charge < -0.3 is 19.6 Å². The number of aliphatic hydroxyl groups excluding tert-OH is 1. The molecule has 2 heterocycles. The molecule has 2 aliphatic heterocycles. The third-order valence-electron chi connectivity index (χ3n) is 6.14. The van der Waals surface area contributed by atoms with E-state index in [9.17, 15) is 14.7 Å². The van der Waals surface area contributed by atoms with Crippen LogP contribution in [0.25, 0.3) is 5.76 Å². The first-order valence-electron chi connectivity index (χ1n) is 11.0. The number of aliphatic hydroxyl groups is 1. The fourth-order valence-corrected chi connectivity index (χ4v) is 4.38. The zero-order chi connectivity index (χ0) is 23.5. The fourth-order valence-electron chi connectivity index (χ4n) is 4.25. The Morgan fingerprint density at radius 2 is 1.67 bits per heavy atom. The molecule has 2 saturated heterocycles. The van der Waals surface area contributed by atoms with Crippen molar-refractivity contribution >= 4 is 34.7 Å². The van der Waals surface area contributed by atoms with Gasteiger partial charge in [-0.3, -0.25) is 14.5 Å². The van der Waals surface area contributed by atoms with Crippen molar-refractivity contribution in [1.82, 2.24) is 9.80 Å². The molecule has 0 aromatic heterocycles. The first-order valence-corrected chi connectivity index (χ1v) is 11.4. The van der Waals surface area contributed by atoms with E-state index in [1.165, 1.54) is 0 Å². The van der Waals surface area contributed by atoms with Crippen molar-refractivity contribution in [3.63, 3.8) is 0 Å². The summed E-state index contributed by atoms with van der Waals surface area (Å²) >= 11 is 5.99. The van der Waals surface area contributed by atoms with E-state index in [0.717, 1.165) is 24.3 Å². The second-order valence-electron chi connectivity index (χ2n) is 8.44. The van der Waals surface area contributed by atoms with E-state index in [-0.39, 0.29) is 11.3 Å². The van der Waals surface area contributed by atoms with Gasteiger partial charge >= 0.3 is 0 Å². The largest absolute Gasteiger partial charge is 0.507 e. The molecule has 2 aromatic carbocycles. The van der Waals surface area contributed by atoms with Crippen LogP contribution < -0.4 is 4.90 Å². The lowest BCUT2D eigenvalue weighted by Crippen LogP contribution is -2.42. The lowest BCUT2D eigenvalue weighted by atomic mass is 9.95. The molecule has 1 atom stereocenters. The first kappa shape index (κ1) is 23.3. The summed E-state index contributed by atoms with van der Waals surface area (Å²) in [5, 5.41) is 11.6. The molecule has 2 fully saturated rings. The molecule has 0 aliphatic carbocycles. The van der Waals surface area contributed by atoms with Crippen molar-refractivity contribution in [3.05, 3.63) is 70.3 Å². The van der Waals surface area contributed by atoms with E-state index in [0.29, 0.717) is 36.9 Å². The highest BCUT2D eigenvalue weighted by Gasteiger charge is 2.46. The standard InChI is InChI=1S/C25H28ClN3O4/c1-27(2)20-9-5-17(6-10-20)22-21(23(30)18-3-7-19(26)8-4-18)24(31)25(32)29(22)12-11-28-13-15-33-16-14-28/h3-10,22,30H,11-16H2,1-2H3/b23-21+. The van der Waals surface area contributed by atoms with Crippen LogP contribution in [-0.4, -0.2) is 80.1 Å². The van der Waals surface area contributed by atoms with Crippen molar-refractivity contribution < 1.29 is 19.4 Å². The first-order chi connectivity index (χ1) is 15.9. The van der Waals surface area contributed by atoms with Crippen molar-refractivity contribution in [2.75, 3.05) is 58.4 Å². The minimum atomic E-state index is -0.675. The maximum absolute atomic E-state index is 13.1. The Kier molecular flexibility index (Phi) is 7.02. The number of hydrogen-bond acceptors (Lipinski definition) is 6. The Hall–Kier alpha value is -2.87. The highest BCUT2D eigenvalue weighted by molar-refractivity contribution is 6.46. The number of carbonyl (C=O) groups excluding carboxylic acids is 2. The van der Waals surface area contributed by atoms with E-state index in [1.807, 2.05) is 43.3 Å². The summed E-state index contributed by atoms with van der Waals surface area (Å²) in [6.45, 7) is 3.90. The van der Waals surface area contributed by atoms with Gasteiger partial charge in [0.05, 0.1) is 24.8 Å². The minimum absolute atomic E-state index is 0.0990. The third-order valence-corrected chi connectivity index (χ3v) is 6.40. The van der Waals surface area contributed by atoms with Crippen LogP contribution in [-0.2, 0) is 14.3 Å². The number of Topliss-reactive ketones (excluding diaryl/α,β-unsaturated/α-hetero) is 1. The summed E-state index contributed by atoms with van der Waals surface area (Å²) in [7, 11) is 3.90. The van der Waals surface area contributed by atoms with E-state index >= 15 is 0 Å². The van der Waals surface area contributed by atoms with Gasteiger partial charge in [0.1, 0.15) is 5.76 Å². The van der Waals surface area contributed by atoms with E-state index < -0.39 is 17.7 Å². The number of morpholine rings is 1. The molecule has 2 aromatic rings. The van der Waals surface area contributed by atoms with Gasteiger partial charge in [-0.25, -0.2) is 0 Å². The van der Waals surface area contributed by atoms with Gasteiger partial charge in [0.2, 0.25) is 0 Å². The minimum Gasteiger partial charge on any atom is -0.507 e. The number of anilines is 1. The monoisotopic (exact) mass is 469 g/mol. The summed E-state index contributed by atoms with van der Waals surface area (Å²) in [6, 6.07) is 13.6. The molecule has 174 valence electrons. The Bertz CT molecular complexity index is 1040. The van der Waals surface area contributed by atoms with E-state index in [2.05, 4.69) is 4.90 Å². The summed E-state index contributed by atoms with van der Waals surface area (Å²) < 4.78 is 5.41. The van der Waals surface area contributed by atoms with Crippen LogP contribution in [0.4, 0.5) is 5.69 Å². The zero-order valence-electron chi connectivity index (χ0n) is 18.8. The lowest BCUT2D eigenvalue weighted by molar-refractivity contribution is -0.140. The Morgan fingerprint density at radius 1 is 1.03 bits per heavy atom. The topological polar surface area (TPSA) is 73.3 Å². The number of carbonyl (C=O) groups is 2. The average Bonchev–Trinajstić information content (AvgIpc) is 3.08. The second kappa shape index (κ2) is 9.95. The second-order valence-corrected chi connectivity index (χ2v) is 8.88. The number of rotatable bonds is 6. The van der Waals surface area contributed by atoms with Crippen LogP contribution in [0.5, 0.6) is 0 Å². The summed E-state index contributed by atoms with van der Waals surface area (Å²) in [5.74, 6) is -1.47. The highest BCUT2D eigenvalue weighted by Crippen LogP contribution is 2.39. The molecule has 0 spiro atoms. The van der Waals surface area contributed by atoms with Gasteiger partial charge in [0, 0.05) is 56.5 Å². The van der Waals surface area contributed by atoms with Crippen LogP contribution in [0.3, 0.4) is 0 Å². The fraction of sp³-hybridized carbons (Fsp3) is 0.360. The number of amides is 1. The van der Waals surface area contributed by atoms with Crippen LogP contribution in [0.1, 0.15) is 17.2 Å². The van der Waals surface area contributed by atoms with E-state index in [1.54, 1.807) is 29.2 Å². The average molecular weight is 470 g/mol. The number of benzene rings is 2. The Labute approximate surface area is 198 Å². The lowest BCUT2D eigenvalue weighted by Gasteiger charge is -2.31. The molecule has 0 saturated carbocycles. The molecule has 2 aliphatic rings. The molecule has 8 heteroatoms. The van der Waals surface area contributed by atoms with Crippen LogP contribution in [0, 0.1) is 0 Å². The van der Waals surface area contributed by atoms with Crippen LogP contribution in [0.15, 0.2) is 54.1 Å². The highest BCUT2D eigenvalue weighted by atomic mass is 35.5. The molecule has 0 radical (unpaired) electrons. The van der Waals surface area contributed by atoms with Crippen molar-refractivity contribution in [1.29, 1.82) is 0 Å². The number of ether oxygens (including phenoxy) is 1. The van der Waals surface area contributed by atoms with Gasteiger partial charge in [-0.2, -0.15) is 0 Å².